The van der Waals surface area contributed by atoms with Gasteiger partial charge in [-0.15, -0.1) is 11.3 Å². The van der Waals surface area contributed by atoms with Gasteiger partial charge in [0, 0.05) is 36.4 Å². The molecule has 5 N–H and O–H groups in total. The lowest BCUT2D eigenvalue weighted by molar-refractivity contribution is -0.192. The monoisotopic (exact) mass is 655 g/mol. The summed E-state index contributed by atoms with van der Waals surface area (Å²) in [5.41, 5.74) is 5.92. The van der Waals surface area contributed by atoms with Crippen molar-refractivity contribution in [1.29, 1.82) is 0 Å². The van der Waals surface area contributed by atoms with Crippen LogP contribution >= 0.6 is 46.1 Å². The number of anilines is 2. The third kappa shape index (κ3) is 9.38. The number of methoxy groups -OCH3 is 1. The number of carbonyl (C=O) groups excluding carboxylic acids is 3. The van der Waals surface area contributed by atoms with Crippen LogP contribution in [0.25, 0.3) is 0 Å². The Labute approximate surface area is 248 Å². The van der Waals surface area contributed by atoms with Gasteiger partial charge in [-0.25, -0.2) is 14.6 Å². The standard InChI is InChI=1S/C21H18Cl3N5O4S.C2HF3O2/c1-29(21(25)32)8-10-9-34-18(16(10)24)20(31)28-17-13(5-12(23)6-14(17)33-2)19(30)27-15-4-3-11(22)7-26-15;3-2(4,5)1(6)7/h3-7,9H,8H2,1-2H3,(H2,25,32)(H,28,31)(H,26,27,30);(H,6,7). The molecular formula is C23H19Cl3F3N5O6S. The number of thiophene rings is 1. The third-order valence-corrected chi connectivity index (χ3v) is 6.78. The van der Waals surface area contributed by atoms with E-state index in [1.165, 1.54) is 43.5 Å². The summed E-state index contributed by atoms with van der Waals surface area (Å²) in [6.45, 7) is 0.129. The zero-order valence-electron chi connectivity index (χ0n) is 20.8. The second-order valence-electron chi connectivity index (χ2n) is 7.70. The van der Waals surface area contributed by atoms with E-state index in [4.69, 9.17) is 55.2 Å². The molecule has 3 aromatic rings. The normalized spacial score (nSPS) is 10.6. The first-order valence-electron chi connectivity index (χ1n) is 10.7. The van der Waals surface area contributed by atoms with Crippen molar-refractivity contribution in [2.24, 2.45) is 5.73 Å². The smallest absolute Gasteiger partial charge is 0.490 e. The minimum absolute atomic E-state index is 0.0378. The zero-order chi connectivity index (χ0) is 31.1. The molecule has 0 bridgehead atoms. The summed E-state index contributed by atoms with van der Waals surface area (Å²) in [5, 5.41) is 14.9. The number of halogens is 6. The number of amides is 4. The van der Waals surface area contributed by atoms with Crippen LogP contribution < -0.4 is 21.1 Å². The van der Waals surface area contributed by atoms with Crippen LogP contribution in [0.2, 0.25) is 15.1 Å². The lowest BCUT2D eigenvalue weighted by Gasteiger charge is -2.16. The van der Waals surface area contributed by atoms with Gasteiger partial charge in [-0.2, -0.15) is 13.2 Å². The molecule has 0 fully saturated rings. The van der Waals surface area contributed by atoms with Crippen molar-refractivity contribution in [2.75, 3.05) is 24.8 Å². The molecule has 4 amide bonds. The van der Waals surface area contributed by atoms with E-state index in [-0.39, 0.29) is 44.3 Å². The molecule has 220 valence electrons. The molecule has 41 heavy (non-hydrogen) atoms. The Morgan fingerprint density at radius 3 is 2.24 bits per heavy atom. The number of nitrogens with one attached hydrogen (secondary N) is 2. The molecule has 0 aliphatic heterocycles. The first-order chi connectivity index (χ1) is 19.0. The van der Waals surface area contributed by atoms with Crippen molar-refractivity contribution in [2.45, 2.75) is 12.7 Å². The molecule has 1 aromatic carbocycles. The van der Waals surface area contributed by atoms with Gasteiger partial charge in [0.15, 0.2) is 0 Å². The summed E-state index contributed by atoms with van der Waals surface area (Å²) in [4.78, 5) is 51.7. The maximum absolute atomic E-state index is 13.1. The van der Waals surface area contributed by atoms with Gasteiger partial charge in [-0.05, 0) is 23.6 Å². The number of carbonyl (C=O) groups is 4. The van der Waals surface area contributed by atoms with Crippen LogP contribution in [0.5, 0.6) is 5.75 Å². The second-order valence-corrected chi connectivity index (χ2v) is 9.83. The molecule has 0 unspecified atom stereocenters. The van der Waals surface area contributed by atoms with Gasteiger partial charge in [-0.3, -0.25) is 9.59 Å². The molecule has 0 aliphatic rings. The van der Waals surface area contributed by atoms with Gasteiger partial charge in [0.1, 0.15) is 16.4 Å². The fourth-order valence-corrected chi connectivity index (χ4v) is 4.39. The number of benzene rings is 1. The Hall–Kier alpha value is -3.79. The number of carboxylic acid groups (broad SMARTS) is 1. The number of ether oxygens (including phenoxy) is 1. The summed E-state index contributed by atoms with van der Waals surface area (Å²) < 4.78 is 37.1. The molecule has 0 saturated carbocycles. The Bertz CT molecular complexity index is 1450. The van der Waals surface area contributed by atoms with E-state index >= 15 is 0 Å². The number of nitrogens with two attached hydrogens (primary N) is 1. The van der Waals surface area contributed by atoms with Crippen LogP contribution in [0.3, 0.4) is 0 Å². The van der Waals surface area contributed by atoms with E-state index in [1.54, 1.807) is 11.4 Å². The van der Waals surface area contributed by atoms with Crippen LogP contribution in [0, 0.1) is 0 Å². The largest absolute Gasteiger partial charge is 0.494 e. The van der Waals surface area contributed by atoms with E-state index in [2.05, 4.69) is 15.6 Å². The van der Waals surface area contributed by atoms with Crippen molar-refractivity contribution in [3.8, 4) is 5.75 Å². The van der Waals surface area contributed by atoms with Crippen LogP contribution in [-0.4, -0.2) is 59.1 Å². The Balaban J connectivity index is 0.000000745. The summed E-state index contributed by atoms with van der Waals surface area (Å²) in [5.74, 6) is -3.52. The van der Waals surface area contributed by atoms with Crippen LogP contribution in [0.15, 0.2) is 35.8 Å². The Kier molecular flexibility index (Phi) is 11.6. The highest BCUT2D eigenvalue weighted by Gasteiger charge is 2.38. The van der Waals surface area contributed by atoms with Crippen molar-refractivity contribution < 1.29 is 42.2 Å². The van der Waals surface area contributed by atoms with E-state index in [1.807, 2.05) is 0 Å². The molecule has 0 spiro atoms. The molecule has 0 saturated heterocycles. The fraction of sp³-hybridized carbons (Fsp3) is 0.174. The summed E-state index contributed by atoms with van der Waals surface area (Å²) >= 11 is 19.4. The number of alkyl halides is 3. The number of primary amides is 1. The summed E-state index contributed by atoms with van der Waals surface area (Å²) in [7, 11) is 2.88. The lowest BCUT2D eigenvalue weighted by atomic mass is 10.1. The number of hydrogen-bond donors (Lipinski definition) is 4. The SMILES string of the molecule is COc1cc(Cl)cc(C(=O)Nc2ccc(Cl)cn2)c1NC(=O)c1scc(CN(C)C(N)=O)c1Cl.O=C(O)C(F)(F)F. The maximum Gasteiger partial charge on any atom is 0.490 e. The fourth-order valence-electron chi connectivity index (χ4n) is 2.83. The summed E-state index contributed by atoms with van der Waals surface area (Å²) in [6, 6.07) is 5.30. The highest BCUT2D eigenvalue weighted by molar-refractivity contribution is 7.13. The Morgan fingerprint density at radius 1 is 1.10 bits per heavy atom. The number of urea groups is 1. The average Bonchev–Trinajstić information content (AvgIpc) is 3.25. The van der Waals surface area contributed by atoms with Gasteiger partial charge in [-0.1, -0.05) is 34.8 Å². The van der Waals surface area contributed by atoms with Gasteiger partial charge < -0.3 is 31.1 Å². The van der Waals surface area contributed by atoms with Crippen molar-refractivity contribution >= 4 is 81.5 Å². The number of carboxylic acids is 1. The minimum Gasteiger partial charge on any atom is -0.494 e. The Morgan fingerprint density at radius 2 is 1.73 bits per heavy atom. The first kappa shape index (κ1) is 33.4. The highest BCUT2D eigenvalue weighted by Crippen LogP contribution is 2.35. The van der Waals surface area contributed by atoms with Crippen LogP contribution in [0.4, 0.5) is 29.5 Å². The van der Waals surface area contributed by atoms with Crippen LogP contribution in [0.1, 0.15) is 25.6 Å². The van der Waals surface area contributed by atoms with Gasteiger partial charge in [0.2, 0.25) is 0 Å². The van der Waals surface area contributed by atoms with E-state index in [9.17, 15) is 27.6 Å². The van der Waals surface area contributed by atoms with Gasteiger partial charge in [0.25, 0.3) is 11.8 Å². The third-order valence-electron chi connectivity index (χ3n) is 4.77. The molecule has 0 atom stereocenters. The van der Waals surface area contributed by atoms with Crippen LogP contribution in [-0.2, 0) is 11.3 Å². The number of aliphatic carboxylic acids is 1. The minimum atomic E-state index is -5.08. The molecule has 0 radical (unpaired) electrons. The molecule has 2 heterocycles. The van der Waals surface area contributed by atoms with Crippen molar-refractivity contribution in [3.63, 3.8) is 0 Å². The first-order valence-corrected chi connectivity index (χ1v) is 12.7. The average molecular weight is 657 g/mol. The quantitative estimate of drug-likeness (QED) is 0.251. The van der Waals surface area contributed by atoms with E-state index in [0.29, 0.717) is 10.6 Å². The number of hydrogen-bond acceptors (Lipinski definition) is 7. The van der Waals surface area contributed by atoms with Gasteiger partial charge in [0.05, 0.1) is 28.4 Å². The highest BCUT2D eigenvalue weighted by atomic mass is 35.5. The van der Waals surface area contributed by atoms with Crippen molar-refractivity contribution in [3.05, 3.63) is 66.9 Å². The van der Waals surface area contributed by atoms with Gasteiger partial charge >= 0.3 is 18.2 Å². The topological polar surface area (TPSA) is 164 Å². The molecular weight excluding hydrogens is 638 g/mol. The lowest BCUT2D eigenvalue weighted by Crippen LogP contribution is -2.31. The molecule has 2 aromatic heterocycles. The molecule has 0 aliphatic carbocycles. The second kappa shape index (κ2) is 14.2. The number of pyridine rings is 1. The van der Waals surface area contributed by atoms with E-state index < -0.39 is 30.0 Å². The van der Waals surface area contributed by atoms with E-state index in [0.717, 1.165) is 11.3 Å². The molecule has 3 rings (SSSR count). The molecule has 18 heteroatoms. The predicted octanol–water partition coefficient (Wildman–Crippen LogP) is 5.76. The predicted molar refractivity (Wildman–Crippen MR) is 147 cm³/mol. The number of aromatic nitrogens is 1. The summed E-state index contributed by atoms with van der Waals surface area (Å²) in [6.07, 6.45) is -3.70. The molecule has 11 nitrogen and oxygen atoms in total. The zero-order valence-corrected chi connectivity index (χ0v) is 23.9. The maximum atomic E-state index is 13.1. The number of nitrogens with zero attached hydrogens (tertiary/aromatic N) is 2. The number of rotatable bonds is 7. The van der Waals surface area contributed by atoms with Crippen molar-refractivity contribution in [1.82, 2.24) is 9.88 Å².